The van der Waals surface area contributed by atoms with E-state index in [1.165, 1.54) is 5.56 Å². The van der Waals surface area contributed by atoms with Crippen molar-refractivity contribution in [3.63, 3.8) is 0 Å². The summed E-state index contributed by atoms with van der Waals surface area (Å²) in [5.41, 5.74) is 7.93. The van der Waals surface area contributed by atoms with Gasteiger partial charge in [0.25, 0.3) is 0 Å². The van der Waals surface area contributed by atoms with Crippen molar-refractivity contribution >= 4 is 5.82 Å². The van der Waals surface area contributed by atoms with E-state index < -0.39 is 0 Å². The zero-order valence-corrected chi connectivity index (χ0v) is 11.0. The van der Waals surface area contributed by atoms with Crippen molar-refractivity contribution in [1.29, 1.82) is 0 Å². The molecule has 3 aliphatic rings. The number of pyridine rings is 1. The molecule has 19 heavy (non-hydrogen) atoms. The van der Waals surface area contributed by atoms with Crippen LogP contribution < -0.4 is 5.73 Å². The van der Waals surface area contributed by atoms with Crippen molar-refractivity contribution in [2.24, 2.45) is 0 Å². The highest BCUT2D eigenvalue weighted by atomic mass is 16.5. The van der Waals surface area contributed by atoms with Gasteiger partial charge in [0.05, 0.1) is 31.6 Å². The standard InChI is InChI=1S/C14H19N3O2/c15-12-2-1-10-7-19-14(13(10)16-12)3-5-17(6-4-14)11-8-18-9-11/h1-2,11H,3-9H2,(H2,15,16). The number of nitrogen functional groups attached to an aromatic ring is 1. The number of rotatable bonds is 1. The molecule has 4 heterocycles. The van der Waals surface area contributed by atoms with Gasteiger partial charge in [-0.1, -0.05) is 6.07 Å². The van der Waals surface area contributed by atoms with E-state index in [1.54, 1.807) is 0 Å². The van der Waals surface area contributed by atoms with Gasteiger partial charge in [-0.3, -0.25) is 4.90 Å². The molecule has 0 bridgehead atoms. The number of nitrogens with two attached hydrogens (primary N) is 1. The smallest absolute Gasteiger partial charge is 0.123 e. The third kappa shape index (κ3) is 1.76. The highest BCUT2D eigenvalue weighted by Crippen LogP contribution is 2.43. The van der Waals surface area contributed by atoms with E-state index in [2.05, 4.69) is 16.0 Å². The lowest BCUT2D eigenvalue weighted by atomic mass is 9.86. The molecular weight excluding hydrogens is 242 g/mol. The maximum absolute atomic E-state index is 6.11. The van der Waals surface area contributed by atoms with Crippen LogP contribution in [0.5, 0.6) is 0 Å². The fraction of sp³-hybridized carbons (Fsp3) is 0.643. The average Bonchev–Trinajstić information content (AvgIpc) is 2.69. The number of hydrogen-bond donors (Lipinski definition) is 1. The second-order valence-corrected chi connectivity index (χ2v) is 5.75. The van der Waals surface area contributed by atoms with E-state index in [0.717, 1.165) is 44.8 Å². The van der Waals surface area contributed by atoms with Crippen LogP contribution in [0.15, 0.2) is 12.1 Å². The van der Waals surface area contributed by atoms with Crippen LogP contribution in [0, 0.1) is 0 Å². The quantitative estimate of drug-likeness (QED) is 0.813. The number of ether oxygens (including phenoxy) is 2. The fourth-order valence-corrected chi connectivity index (χ4v) is 3.36. The maximum Gasteiger partial charge on any atom is 0.123 e. The normalized spacial score (nSPS) is 26.3. The minimum Gasteiger partial charge on any atom is -0.384 e. The lowest BCUT2D eigenvalue weighted by Crippen LogP contribution is -2.54. The molecule has 1 aromatic rings. The maximum atomic E-state index is 6.11. The van der Waals surface area contributed by atoms with Crippen LogP contribution in [0.25, 0.3) is 0 Å². The predicted octanol–water partition coefficient (Wildman–Crippen LogP) is 0.884. The Hall–Kier alpha value is -1.17. The molecule has 4 rings (SSSR count). The van der Waals surface area contributed by atoms with Crippen LogP contribution in [0.1, 0.15) is 24.1 Å². The van der Waals surface area contributed by atoms with Gasteiger partial charge in [-0.15, -0.1) is 0 Å². The molecule has 2 N–H and O–H groups in total. The first kappa shape index (κ1) is 11.6. The highest BCUT2D eigenvalue weighted by Gasteiger charge is 2.45. The largest absolute Gasteiger partial charge is 0.384 e. The first-order valence-electron chi connectivity index (χ1n) is 6.98. The third-order valence-electron chi connectivity index (χ3n) is 4.68. The summed E-state index contributed by atoms with van der Waals surface area (Å²) in [7, 11) is 0. The molecule has 0 saturated carbocycles. The number of nitrogens with zero attached hydrogens (tertiary/aromatic N) is 2. The van der Waals surface area contributed by atoms with Gasteiger partial charge in [-0.25, -0.2) is 4.98 Å². The van der Waals surface area contributed by atoms with Crippen molar-refractivity contribution < 1.29 is 9.47 Å². The molecule has 0 radical (unpaired) electrons. The number of hydrogen-bond acceptors (Lipinski definition) is 5. The van der Waals surface area contributed by atoms with Crippen LogP contribution in [0.4, 0.5) is 5.82 Å². The molecule has 0 aliphatic carbocycles. The van der Waals surface area contributed by atoms with E-state index in [0.29, 0.717) is 18.5 Å². The Bertz CT molecular complexity index is 493. The summed E-state index contributed by atoms with van der Waals surface area (Å²) in [6.45, 7) is 4.56. The Morgan fingerprint density at radius 3 is 2.74 bits per heavy atom. The third-order valence-corrected chi connectivity index (χ3v) is 4.68. The molecule has 2 saturated heterocycles. The SMILES string of the molecule is Nc1ccc2c(n1)C1(CCN(C3COC3)CC1)OC2. The molecule has 3 aliphatic heterocycles. The van der Waals surface area contributed by atoms with Crippen molar-refractivity contribution in [2.45, 2.75) is 31.1 Å². The lowest BCUT2D eigenvalue weighted by Gasteiger charge is -2.44. The Labute approximate surface area is 112 Å². The van der Waals surface area contributed by atoms with Gasteiger partial charge in [0.2, 0.25) is 0 Å². The molecule has 0 unspecified atom stereocenters. The fourth-order valence-electron chi connectivity index (χ4n) is 3.36. The van der Waals surface area contributed by atoms with Gasteiger partial charge in [0.15, 0.2) is 0 Å². The van der Waals surface area contributed by atoms with Crippen molar-refractivity contribution in [2.75, 3.05) is 32.0 Å². The molecule has 1 spiro atoms. The number of anilines is 1. The summed E-state index contributed by atoms with van der Waals surface area (Å²) < 4.78 is 11.4. The Morgan fingerprint density at radius 1 is 1.26 bits per heavy atom. The second kappa shape index (κ2) is 4.16. The summed E-state index contributed by atoms with van der Waals surface area (Å²) in [6, 6.07) is 4.53. The Morgan fingerprint density at radius 2 is 2.05 bits per heavy atom. The minimum atomic E-state index is -0.189. The first-order valence-corrected chi connectivity index (χ1v) is 6.98. The van der Waals surface area contributed by atoms with E-state index in [-0.39, 0.29) is 5.60 Å². The molecule has 1 aromatic heterocycles. The van der Waals surface area contributed by atoms with Crippen molar-refractivity contribution in [3.05, 3.63) is 23.4 Å². The van der Waals surface area contributed by atoms with Gasteiger partial charge < -0.3 is 15.2 Å². The summed E-state index contributed by atoms with van der Waals surface area (Å²) in [4.78, 5) is 7.06. The molecule has 0 aromatic carbocycles. The van der Waals surface area contributed by atoms with Gasteiger partial charge in [0, 0.05) is 18.7 Å². The van der Waals surface area contributed by atoms with Crippen LogP contribution in [-0.4, -0.2) is 42.2 Å². The van der Waals surface area contributed by atoms with Crippen LogP contribution >= 0.6 is 0 Å². The van der Waals surface area contributed by atoms with Crippen LogP contribution in [0.2, 0.25) is 0 Å². The van der Waals surface area contributed by atoms with E-state index in [9.17, 15) is 0 Å². The van der Waals surface area contributed by atoms with Crippen LogP contribution in [0.3, 0.4) is 0 Å². The second-order valence-electron chi connectivity index (χ2n) is 5.75. The van der Waals surface area contributed by atoms with Crippen LogP contribution in [-0.2, 0) is 21.7 Å². The Balaban J connectivity index is 1.56. The first-order chi connectivity index (χ1) is 9.27. The molecule has 2 fully saturated rings. The average molecular weight is 261 g/mol. The number of piperidine rings is 1. The molecule has 5 heteroatoms. The summed E-state index contributed by atoms with van der Waals surface area (Å²) in [5.74, 6) is 0.596. The van der Waals surface area contributed by atoms with Gasteiger partial charge >= 0.3 is 0 Å². The molecule has 102 valence electrons. The highest BCUT2D eigenvalue weighted by molar-refractivity contribution is 5.39. The lowest BCUT2D eigenvalue weighted by molar-refractivity contribution is -0.120. The van der Waals surface area contributed by atoms with Crippen molar-refractivity contribution in [1.82, 2.24) is 9.88 Å². The zero-order chi connectivity index (χ0) is 12.9. The van der Waals surface area contributed by atoms with E-state index in [1.807, 2.05) is 6.07 Å². The minimum absolute atomic E-state index is 0.189. The number of likely N-dealkylation sites (tertiary alicyclic amines) is 1. The topological polar surface area (TPSA) is 60.6 Å². The zero-order valence-electron chi connectivity index (χ0n) is 11.0. The number of fused-ring (bicyclic) bond motifs is 2. The molecule has 0 atom stereocenters. The summed E-state index contributed by atoms with van der Waals surface area (Å²) >= 11 is 0. The molecular formula is C14H19N3O2. The van der Waals surface area contributed by atoms with Gasteiger partial charge in [0.1, 0.15) is 11.4 Å². The molecule has 0 amide bonds. The van der Waals surface area contributed by atoms with Gasteiger partial charge in [-0.05, 0) is 18.9 Å². The summed E-state index contributed by atoms with van der Waals surface area (Å²) in [6.07, 6.45) is 2.01. The molecule has 5 nitrogen and oxygen atoms in total. The Kier molecular flexibility index (Phi) is 2.55. The van der Waals surface area contributed by atoms with E-state index in [4.69, 9.17) is 15.2 Å². The number of aromatic nitrogens is 1. The van der Waals surface area contributed by atoms with Crippen molar-refractivity contribution in [3.8, 4) is 0 Å². The summed E-state index contributed by atoms with van der Waals surface area (Å²) in [5, 5.41) is 0. The monoisotopic (exact) mass is 261 g/mol. The van der Waals surface area contributed by atoms with E-state index >= 15 is 0 Å². The van der Waals surface area contributed by atoms with Gasteiger partial charge in [-0.2, -0.15) is 0 Å². The predicted molar refractivity (Wildman–Crippen MR) is 70.5 cm³/mol.